The molecular formula is C22H27N3O2S. The average molecular weight is 398 g/mol. The zero-order valence-electron chi connectivity index (χ0n) is 16.1. The number of aryl methyl sites for hydroxylation is 1. The quantitative estimate of drug-likeness (QED) is 0.827. The molecule has 28 heavy (non-hydrogen) atoms. The van der Waals surface area contributed by atoms with E-state index in [2.05, 4.69) is 35.7 Å². The van der Waals surface area contributed by atoms with E-state index in [9.17, 15) is 14.9 Å². The van der Waals surface area contributed by atoms with Gasteiger partial charge >= 0.3 is 0 Å². The molecule has 2 fully saturated rings. The van der Waals surface area contributed by atoms with E-state index in [-0.39, 0.29) is 23.0 Å². The molecule has 2 saturated heterocycles. The number of rotatable bonds is 5. The Kier molecular flexibility index (Phi) is 6.03. The fraction of sp³-hybridized carbons (Fsp3) is 0.591. The Morgan fingerprint density at radius 3 is 2.89 bits per heavy atom. The van der Waals surface area contributed by atoms with E-state index in [0.29, 0.717) is 24.8 Å². The molecule has 1 aromatic rings. The van der Waals surface area contributed by atoms with Crippen LogP contribution in [0.2, 0.25) is 0 Å². The molecule has 0 aromatic heterocycles. The lowest BCUT2D eigenvalue weighted by Gasteiger charge is -2.27. The third kappa shape index (κ3) is 3.97. The Balaban J connectivity index is 1.33. The molecule has 6 heteroatoms. The molecule has 3 aliphatic rings. The van der Waals surface area contributed by atoms with Crippen molar-refractivity contribution in [3.05, 3.63) is 35.4 Å². The molecule has 1 unspecified atom stereocenters. The molecule has 0 spiro atoms. The number of likely N-dealkylation sites (tertiary alicyclic amines) is 1. The maximum Gasteiger partial charge on any atom is 0.242 e. The monoisotopic (exact) mass is 397 g/mol. The van der Waals surface area contributed by atoms with Gasteiger partial charge in [0.2, 0.25) is 5.91 Å². The van der Waals surface area contributed by atoms with Gasteiger partial charge in [-0.15, -0.1) is 11.8 Å². The molecule has 1 aromatic carbocycles. The predicted octanol–water partition coefficient (Wildman–Crippen LogP) is 2.69. The highest BCUT2D eigenvalue weighted by molar-refractivity contribution is 8.00. The van der Waals surface area contributed by atoms with Crippen molar-refractivity contribution in [3.63, 3.8) is 0 Å². The SMILES string of the molecule is N#C[C@@H]1CCCN1C(=O)[C@H]1NCSC1C(=O)CC[C@@H]1CCc2ccccc2C1. The Morgan fingerprint density at radius 1 is 1.25 bits per heavy atom. The lowest BCUT2D eigenvalue weighted by molar-refractivity contribution is -0.135. The number of nitrogens with one attached hydrogen (secondary N) is 1. The van der Waals surface area contributed by atoms with Crippen LogP contribution in [0, 0.1) is 17.2 Å². The van der Waals surface area contributed by atoms with Crippen LogP contribution in [-0.4, -0.2) is 46.3 Å². The Morgan fingerprint density at radius 2 is 2.07 bits per heavy atom. The van der Waals surface area contributed by atoms with Crippen LogP contribution in [0.5, 0.6) is 0 Å². The zero-order chi connectivity index (χ0) is 19.5. The van der Waals surface area contributed by atoms with Crippen molar-refractivity contribution < 1.29 is 9.59 Å². The van der Waals surface area contributed by atoms with Crippen LogP contribution in [0.3, 0.4) is 0 Å². The Bertz CT molecular complexity index is 790. The number of hydrogen-bond donors (Lipinski definition) is 1. The first-order valence-electron chi connectivity index (χ1n) is 10.3. The number of nitriles is 1. The van der Waals surface area contributed by atoms with E-state index >= 15 is 0 Å². The number of benzene rings is 1. The van der Waals surface area contributed by atoms with Gasteiger partial charge in [-0.05, 0) is 55.6 Å². The second-order valence-corrected chi connectivity index (χ2v) is 9.24. The number of carbonyl (C=O) groups excluding carboxylic acids is 2. The van der Waals surface area contributed by atoms with Gasteiger partial charge in [0, 0.05) is 18.8 Å². The summed E-state index contributed by atoms with van der Waals surface area (Å²) in [5, 5.41) is 12.1. The van der Waals surface area contributed by atoms with Gasteiger partial charge in [0.15, 0.2) is 0 Å². The number of nitrogens with zero attached hydrogens (tertiary/aromatic N) is 2. The molecule has 0 radical (unpaired) electrons. The minimum absolute atomic E-state index is 0.0704. The topological polar surface area (TPSA) is 73.2 Å². The summed E-state index contributed by atoms with van der Waals surface area (Å²) in [6, 6.07) is 10.0. The normalized spacial score (nSPS) is 29.3. The first-order chi connectivity index (χ1) is 13.7. The highest BCUT2D eigenvalue weighted by Crippen LogP contribution is 2.31. The Hall–Kier alpha value is -1.84. The van der Waals surface area contributed by atoms with E-state index in [0.717, 1.165) is 38.5 Å². The van der Waals surface area contributed by atoms with Crippen LogP contribution in [0.25, 0.3) is 0 Å². The third-order valence-electron chi connectivity index (χ3n) is 6.39. The van der Waals surface area contributed by atoms with Crippen molar-refractivity contribution >= 4 is 23.5 Å². The molecule has 0 bridgehead atoms. The van der Waals surface area contributed by atoms with Crippen molar-refractivity contribution in [2.24, 2.45) is 5.92 Å². The summed E-state index contributed by atoms with van der Waals surface area (Å²) in [5.41, 5.74) is 2.87. The largest absolute Gasteiger partial charge is 0.325 e. The summed E-state index contributed by atoms with van der Waals surface area (Å²) in [6.07, 6.45) is 6.34. The third-order valence-corrected chi connectivity index (χ3v) is 7.61. The first kappa shape index (κ1) is 19.5. The Labute approximate surface area is 170 Å². The molecule has 2 aliphatic heterocycles. The summed E-state index contributed by atoms with van der Waals surface area (Å²) < 4.78 is 0. The summed E-state index contributed by atoms with van der Waals surface area (Å²) in [7, 11) is 0. The van der Waals surface area contributed by atoms with Crippen molar-refractivity contribution in [1.29, 1.82) is 5.26 Å². The van der Waals surface area contributed by atoms with Crippen molar-refractivity contribution in [2.75, 3.05) is 12.4 Å². The van der Waals surface area contributed by atoms with Crippen LogP contribution in [-0.2, 0) is 22.4 Å². The van der Waals surface area contributed by atoms with Crippen molar-refractivity contribution in [3.8, 4) is 6.07 Å². The van der Waals surface area contributed by atoms with Gasteiger partial charge in [-0.3, -0.25) is 14.9 Å². The van der Waals surface area contributed by atoms with Gasteiger partial charge in [0.05, 0.1) is 11.3 Å². The van der Waals surface area contributed by atoms with Crippen LogP contribution >= 0.6 is 11.8 Å². The number of hydrogen-bond acceptors (Lipinski definition) is 5. The maximum absolute atomic E-state index is 12.9. The molecule has 0 saturated carbocycles. The molecule has 5 nitrogen and oxygen atoms in total. The molecular weight excluding hydrogens is 370 g/mol. The number of thioether (sulfide) groups is 1. The molecule has 1 aliphatic carbocycles. The first-order valence-corrected chi connectivity index (χ1v) is 11.4. The highest BCUT2D eigenvalue weighted by atomic mass is 32.2. The molecule has 148 valence electrons. The number of ketones is 1. The average Bonchev–Trinajstić information content (AvgIpc) is 3.40. The summed E-state index contributed by atoms with van der Waals surface area (Å²) in [6.45, 7) is 0.627. The van der Waals surface area contributed by atoms with Crippen LogP contribution in [0.1, 0.15) is 43.2 Å². The van der Waals surface area contributed by atoms with E-state index in [1.54, 1.807) is 4.90 Å². The lowest BCUT2D eigenvalue weighted by Crippen LogP contribution is -2.51. The van der Waals surface area contributed by atoms with E-state index in [1.807, 2.05) is 0 Å². The number of carbonyl (C=O) groups is 2. The van der Waals surface area contributed by atoms with Gasteiger partial charge in [0.1, 0.15) is 17.9 Å². The van der Waals surface area contributed by atoms with Gasteiger partial charge in [-0.1, -0.05) is 24.3 Å². The van der Waals surface area contributed by atoms with Crippen molar-refractivity contribution in [1.82, 2.24) is 10.2 Å². The van der Waals surface area contributed by atoms with Gasteiger partial charge < -0.3 is 4.90 Å². The maximum atomic E-state index is 12.9. The van der Waals surface area contributed by atoms with Crippen LogP contribution in [0.15, 0.2) is 24.3 Å². The van der Waals surface area contributed by atoms with Gasteiger partial charge in [-0.25, -0.2) is 0 Å². The van der Waals surface area contributed by atoms with E-state index < -0.39 is 6.04 Å². The van der Waals surface area contributed by atoms with Crippen LogP contribution < -0.4 is 5.32 Å². The second-order valence-electron chi connectivity index (χ2n) is 8.11. The van der Waals surface area contributed by atoms with E-state index in [4.69, 9.17) is 0 Å². The standard InChI is InChI=1S/C22H27N3O2S/c23-13-18-6-3-11-25(18)22(27)20-21(28-14-24-20)19(26)10-8-15-7-9-16-4-1-2-5-17(16)12-15/h1-2,4-5,15,18,20-21,24H,3,6-12,14H2/t15-,18-,20-,21?/m0/s1. The summed E-state index contributed by atoms with van der Waals surface area (Å²) >= 11 is 1.54. The summed E-state index contributed by atoms with van der Waals surface area (Å²) in [4.78, 5) is 27.5. The fourth-order valence-electron chi connectivity index (χ4n) is 4.78. The fourth-order valence-corrected chi connectivity index (χ4v) is 5.94. The van der Waals surface area contributed by atoms with Gasteiger partial charge in [-0.2, -0.15) is 5.26 Å². The lowest BCUT2D eigenvalue weighted by atomic mass is 9.81. The molecule has 1 amide bonds. The van der Waals surface area contributed by atoms with Gasteiger partial charge in [0.25, 0.3) is 0 Å². The number of Topliss-reactive ketones (excluding diaryl/α,β-unsaturated/α-hetero) is 1. The minimum atomic E-state index is -0.474. The highest BCUT2D eigenvalue weighted by Gasteiger charge is 2.42. The number of amides is 1. The molecule has 4 rings (SSSR count). The number of fused-ring (bicyclic) bond motifs is 1. The molecule has 2 heterocycles. The van der Waals surface area contributed by atoms with Crippen molar-refractivity contribution in [2.45, 2.75) is 62.3 Å². The minimum Gasteiger partial charge on any atom is -0.325 e. The predicted molar refractivity (Wildman–Crippen MR) is 110 cm³/mol. The molecule has 4 atom stereocenters. The smallest absolute Gasteiger partial charge is 0.242 e. The molecule has 1 N–H and O–H groups in total. The van der Waals surface area contributed by atoms with E-state index in [1.165, 1.54) is 22.9 Å². The second kappa shape index (κ2) is 8.67. The van der Waals surface area contributed by atoms with Crippen LogP contribution in [0.4, 0.5) is 0 Å². The summed E-state index contributed by atoms with van der Waals surface area (Å²) in [5.74, 6) is 1.28. The zero-order valence-corrected chi connectivity index (χ0v) is 16.9.